The van der Waals surface area contributed by atoms with E-state index in [0.29, 0.717) is 20.0 Å². The predicted molar refractivity (Wildman–Crippen MR) is 79.2 cm³/mol. The first-order valence-corrected chi connectivity index (χ1v) is 7.27. The largest absolute Gasteiger partial charge is 0.478 e. The molecule has 2 rings (SSSR count). The molecule has 1 aromatic carbocycles. The first-order chi connectivity index (χ1) is 9.52. The van der Waals surface area contributed by atoms with Gasteiger partial charge in [0.05, 0.1) is 16.1 Å². The van der Waals surface area contributed by atoms with E-state index in [4.69, 9.17) is 22.0 Å². The SMILES string of the molecule is N#Cc1ccnc(Sc2ccc(Br)c(C(=O)O)c2)c1Cl. The molecule has 0 saturated heterocycles. The van der Waals surface area contributed by atoms with Crippen LogP contribution in [-0.4, -0.2) is 16.1 Å². The van der Waals surface area contributed by atoms with E-state index in [0.717, 1.165) is 0 Å². The Morgan fingerprint density at radius 3 is 2.85 bits per heavy atom. The molecule has 0 aliphatic heterocycles. The highest BCUT2D eigenvalue weighted by Crippen LogP contribution is 2.34. The Morgan fingerprint density at radius 2 is 2.20 bits per heavy atom. The minimum atomic E-state index is -1.02. The molecule has 0 aliphatic carbocycles. The Morgan fingerprint density at radius 1 is 1.45 bits per heavy atom. The lowest BCUT2D eigenvalue weighted by Gasteiger charge is -2.06. The van der Waals surface area contributed by atoms with Gasteiger partial charge < -0.3 is 5.11 Å². The fourth-order valence-electron chi connectivity index (χ4n) is 1.43. The molecule has 2 aromatic rings. The monoisotopic (exact) mass is 368 g/mol. The van der Waals surface area contributed by atoms with Gasteiger partial charge in [0.1, 0.15) is 11.1 Å². The number of benzene rings is 1. The third kappa shape index (κ3) is 3.12. The molecule has 0 bridgehead atoms. The number of carboxylic acid groups (broad SMARTS) is 1. The summed E-state index contributed by atoms with van der Waals surface area (Å²) < 4.78 is 0.499. The maximum atomic E-state index is 11.1. The molecule has 100 valence electrons. The summed E-state index contributed by atoms with van der Waals surface area (Å²) in [4.78, 5) is 15.8. The maximum absolute atomic E-state index is 11.1. The highest BCUT2D eigenvalue weighted by Gasteiger charge is 2.12. The number of aromatic carboxylic acids is 1. The predicted octanol–water partition coefficient (Wildman–Crippen LogP) is 4.22. The van der Waals surface area contributed by atoms with Gasteiger partial charge in [-0.2, -0.15) is 5.26 Å². The average molecular weight is 370 g/mol. The quantitative estimate of drug-likeness (QED) is 0.877. The molecule has 0 amide bonds. The normalized spacial score (nSPS) is 10.1. The molecule has 1 aromatic heterocycles. The van der Waals surface area contributed by atoms with E-state index in [9.17, 15) is 4.79 Å². The number of hydrogen-bond acceptors (Lipinski definition) is 4. The summed E-state index contributed by atoms with van der Waals surface area (Å²) in [7, 11) is 0. The van der Waals surface area contributed by atoms with Crippen LogP contribution >= 0.6 is 39.3 Å². The molecule has 7 heteroatoms. The van der Waals surface area contributed by atoms with E-state index >= 15 is 0 Å². The van der Waals surface area contributed by atoms with Crippen molar-refractivity contribution in [3.8, 4) is 6.07 Å². The molecule has 0 atom stereocenters. The number of pyridine rings is 1. The van der Waals surface area contributed by atoms with Crippen LogP contribution in [0.4, 0.5) is 0 Å². The lowest BCUT2D eigenvalue weighted by atomic mass is 10.2. The van der Waals surface area contributed by atoms with Crippen LogP contribution in [0.15, 0.2) is 44.9 Å². The van der Waals surface area contributed by atoms with Crippen molar-refractivity contribution in [2.75, 3.05) is 0 Å². The number of rotatable bonds is 3. The van der Waals surface area contributed by atoms with Gasteiger partial charge >= 0.3 is 5.97 Å². The van der Waals surface area contributed by atoms with Gasteiger partial charge in [0.2, 0.25) is 0 Å². The summed E-state index contributed by atoms with van der Waals surface area (Å²) in [6, 6.07) is 8.41. The van der Waals surface area contributed by atoms with Gasteiger partial charge in [-0.15, -0.1) is 0 Å². The van der Waals surface area contributed by atoms with Crippen molar-refractivity contribution in [2.24, 2.45) is 0 Å². The zero-order chi connectivity index (χ0) is 14.7. The average Bonchev–Trinajstić information content (AvgIpc) is 2.43. The zero-order valence-corrected chi connectivity index (χ0v) is 13.0. The fourth-order valence-corrected chi connectivity index (χ4v) is 2.96. The molecule has 1 heterocycles. The van der Waals surface area contributed by atoms with Gasteiger partial charge in [0, 0.05) is 15.6 Å². The maximum Gasteiger partial charge on any atom is 0.336 e. The van der Waals surface area contributed by atoms with Crippen molar-refractivity contribution in [3.63, 3.8) is 0 Å². The van der Waals surface area contributed by atoms with Crippen molar-refractivity contribution in [1.29, 1.82) is 5.26 Å². The summed E-state index contributed by atoms with van der Waals surface area (Å²) in [6.07, 6.45) is 1.49. The standard InChI is InChI=1S/C13H6BrClN2O2S/c14-10-2-1-8(5-9(10)13(18)19)20-12-11(15)7(6-16)3-4-17-12/h1-5H,(H,18,19). The van der Waals surface area contributed by atoms with E-state index in [1.807, 2.05) is 6.07 Å². The molecule has 0 radical (unpaired) electrons. The van der Waals surface area contributed by atoms with Crippen LogP contribution in [0.2, 0.25) is 5.02 Å². The van der Waals surface area contributed by atoms with Crippen molar-refractivity contribution < 1.29 is 9.90 Å². The second-order valence-corrected chi connectivity index (χ2v) is 5.93. The van der Waals surface area contributed by atoms with E-state index in [-0.39, 0.29) is 10.6 Å². The van der Waals surface area contributed by atoms with Crippen LogP contribution in [0.3, 0.4) is 0 Å². The summed E-state index contributed by atoms with van der Waals surface area (Å²) in [5.41, 5.74) is 0.488. The third-order valence-electron chi connectivity index (χ3n) is 2.36. The van der Waals surface area contributed by atoms with Crippen LogP contribution in [0.25, 0.3) is 0 Å². The molecular weight excluding hydrogens is 364 g/mol. The van der Waals surface area contributed by atoms with Crippen LogP contribution < -0.4 is 0 Å². The smallest absolute Gasteiger partial charge is 0.336 e. The minimum Gasteiger partial charge on any atom is -0.478 e. The van der Waals surface area contributed by atoms with Gasteiger partial charge in [-0.3, -0.25) is 0 Å². The number of nitrogens with zero attached hydrogens (tertiary/aromatic N) is 2. The van der Waals surface area contributed by atoms with Crippen LogP contribution in [0.1, 0.15) is 15.9 Å². The molecule has 0 spiro atoms. The molecule has 1 N–H and O–H groups in total. The molecule has 4 nitrogen and oxygen atoms in total. The van der Waals surface area contributed by atoms with Crippen LogP contribution in [-0.2, 0) is 0 Å². The number of carbonyl (C=O) groups is 1. The lowest BCUT2D eigenvalue weighted by Crippen LogP contribution is -1.97. The molecule has 20 heavy (non-hydrogen) atoms. The first-order valence-electron chi connectivity index (χ1n) is 5.28. The molecule has 0 saturated carbocycles. The van der Waals surface area contributed by atoms with E-state index in [1.54, 1.807) is 12.1 Å². The number of halogens is 2. The summed E-state index contributed by atoms with van der Waals surface area (Å²) >= 11 is 10.4. The second-order valence-electron chi connectivity index (χ2n) is 3.64. The highest BCUT2D eigenvalue weighted by molar-refractivity contribution is 9.10. The Kier molecular flexibility index (Phi) is 4.65. The fraction of sp³-hybridized carbons (Fsp3) is 0. The van der Waals surface area contributed by atoms with E-state index < -0.39 is 5.97 Å². The van der Waals surface area contributed by atoms with Crippen molar-refractivity contribution in [1.82, 2.24) is 4.98 Å². The summed E-state index contributed by atoms with van der Waals surface area (Å²) in [5, 5.41) is 18.7. The Labute approximate surface area is 132 Å². The number of carboxylic acids is 1. The molecule has 0 aliphatic rings. The Balaban J connectivity index is 2.39. The first kappa shape index (κ1) is 14.9. The lowest BCUT2D eigenvalue weighted by molar-refractivity contribution is 0.0695. The topological polar surface area (TPSA) is 74.0 Å². The Hall–Kier alpha value is -1.55. The second kappa shape index (κ2) is 6.27. The third-order valence-corrected chi connectivity index (χ3v) is 4.54. The van der Waals surface area contributed by atoms with Crippen molar-refractivity contribution in [2.45, 2.75) is 9.92 Å². The van der Waals surface area contributed by atoms with Gasteiger partial charge in [0.15, 0.2) is 0 Å². The zero-order valence-electron chi connectivity index (χ0n) is 9.80. The van der Waals surface area contributed by atoms with Gasteiger partial charge in [-0.25, -0.2) is 9.78 Å². The number of hydrogen-bond donors (Lipinski definition) is 1. The van der Waals surface area contributed by atoms with Gasteiger partial charge in [-0.1, -0.05) is 23.4 Å². The number of aromatic nitrogens is 1. The summed E-state index contributed by atoms with van der Waals surface area (Å²) in [6.45, 7) is 0. The van der Waals surface area contributed by atoms with Crippen molar-refractivity contribution >= 4 is 45.3 Å². The van der Waals surface area contributed by atoms with Gasteiger partial charge in [-0.05, 0) is 40.2 Å². The molecular formula is C13H6BrClN2O2S. The van der Waals surface area contributed by atoms with E-state index in [1.165, 1.54) is 30.1 Å². The molecule has 0 fully saturated rings. The minimum absolute atomic E-state index is 0.155. The van der Waals surface area contributed by atoms with Gasteiger partial charge in [0.25, 0.3) is 0 Å². The number of nitriles is 1. The Bertz CT molecular complexity index is 731. The van der Waals surface area contributed by atoms with Crippen LogP contribution in [0, 0.1) is 11.3 Å². The molecule has 0 unspecified atom stereocenters. The highest BCUT2D eigenvalue weighted by atomic mass is 79.9. The summed E-state index contributed by atoms with van der Waals surface area (Å²) in [5.74, 6) is -1.02. The van der Waals surface area contributed by atoms with Crippen molar-refractivity contribution in [3.05, 3.63) is 51.1 Å². The van der Waals surface area contributed by atoms with Crippen LogP contribution in [0.5, 0.6) is 0 Å². The van der Waals surface area contributed by atoms with E-state index in [2.05, 4.69) is 20.9 Å².